The lowest BCUT2D eigenvalue weighted by Gasteiger charge is -2.20. The summed E-state index contributed by atoms with van der Waals surface area (Å²) in [5.74, 6) is 0.868. The molecule has 98 valence electrons. The van der Waals surface area contributed by atoms with Crippen LogP contribution in [-0.2, 0) is 0 Å². The van der Waals surface area contributed by atoms with Crippen LogP contribution in [0, 0.1) is 5.92 Å². The summed E-state index contributed by atoms with van der Waals surface area (Å²) in [4.78, 5) is 0. The average Bonchev–Trinajstić information content (AvgIpc) is 3.25. The van der Waals surface area contributed by atoms with Crippen molar-refractivity contribution in [3.63, 3.8) is 0 Å². The van der Waals surface area contributed by atoms with Gasteiger partial charge in [-0.15, -0.1) is 0 Å². The molecular formula is C17H20N2. The van der Waals surface area contributed by atoms with Crippen LogP contribution in [0.2, 0.25) is 0 Å². The number of rotatable bonds is 5. The van der Waals surface area contributed by atoms with E-state index in [9.17, 15) is 0 Å². The second-order valence-corrected chi connectivity index (χ2v) is 5.37. The molecule has 1 aliphatic rings. The molecule has 0 aromatic heterocycles. The van der Waals surface area contributed by atoms with E-state index < -0.39 is 0 Å². The zero-order valence-corrected chi connectivity index (χ0v) is 11.0. The molecule has 1 unspecified atom stereocenters. The standard InChI is InChI=1S/C17H20N2/c18-16-8-4-7-15(11-16)17(19-12-13-9-10-13)14-5-2-1-3-6-14/h1-8,11,13,17,19H,9-10,12,18H2. The normalized spacial score (nSPS) is 16.2. The number of hydrogen-bond donors (Lipinski definition) is 2. The van der Waals surface area contributed by atoms with Gasteiger partial charge in [0.2, 0.25) is 0 Å². The fourth-order valence-electron chi connectivity index (χ4n) is 2.42. The summed E-state index contributed by atoms with van der Waals surface area (Å²) in [6.07, 6.45) is 2.73. The second-order valence-electron chi connectivity index (χ2n) is 5.37. The summed E-state index contributed by atoms with van der Waals surface area (Å²) in [6, 6.07) is 19.0. The highest BCUT2D eigenvalue weighted by molar-refractivity contribution is 5.44. The Morgan fingerprint density at radius 1 is 1.00 bits per heavy atom. The topological polar surface area (TPSA) is 38.0 Å². The molecule has 2 nitrogen and oxygen atoms in total. The molecule has 2 heteroatoms. The van der Waals surface area contributed by atoms with Crippen LogP contribution in [-0.4, -0.2) is 6.54 Å². The van der Waals surface area contributed by atoms with Crippen molar-refractivity contribution >= 4 is 5.69 Å². The zero-order chi connectivity index (χ0) is 13.1. The second kappa shape index (κ2) is 5.45. The van der Waals surface area contributed by atoms with Gasteiger partial charge in [0, 0.05) is 5.69 Å². The van der Waals surface area contributed by atoms with Gasteiger partial charge >= 0.3 is 0 Å². The molecule has 3 rings (SSSR count). The SMILES string of the molecule is Nc1cccc(C(NCC2CC2)c2ccccc2)c1. The summed E-state index contributed by atoms with van der Waals surface area (Å²) < 4.78 is 0. The number of nitrogens with two attached hydrogens (primary N) is 1. The van der Waals surface area contributed by atoms with E-state index in [0.717, 1.165) is 18.2 Å². The van der Waals surface area contributed by atoms with Gasteiger partial charge < -0.3 is 11.1 Å². The number of benzene rings is 2. The monoisotopic (exact) mass is 252 g/mol. The first-order chi connectivity index (χ1) is 9.33. The molecule has 1 aliphatic carbocycles. The van der Waals surface area contributed by atoms with Crippen LogP contribution < -0.4 is 11.1 Å². The van der Waals surface area contributed by atoms with Crippen molar-refractivity contribution in [2.24, 2.45) is 5.92 Å². The fourth-order valence-corrected chi connectivity index (χ4v) is 2.42. The lowest BCUT2D eigenvalue weighted by molar-refractivity contribution is 0.573. The molecule has 0 bridgehead atoms. The van der Waals surface area contributed by atoms with Crippen molar-refractivity contribution in [3.05, 3.63) is 65.7 Å². The maximum Gasteiger partial charge on any atom is 0.0577 e. The van der Waals surface area contributed by atoms with Crippen LogP contribution in [0.5, 0.6) is 0 Å². The highest BCUT2D eigenvalue weighted by atomic mass is 14.9. The largest absolute Gasteiger partial charge is 0.399 e. The Morgan fingerprint density at radius 2 is 1.74 bits per heavy atom. The van der Waals surface area contributed by atoms with Crippen molar-refractivity contribution in [1.82, 2.24) is 5.32 Å². The van der Waals surface area contributed by atoms with Crippen LogP contribution in [0.1, 0.15) is 30.0 Å². The Balaban J connectivity index is 1.86. The maximum atomic E-state index is 5.91. The molecule has 1 saturated carbocycles. The van der Waals surface area contributed by atoms with E-state index in [1.807, 2.05) is 12.1 Å². The van der Waals surface area contributed by atoms with Crippen LogP contribution in [0.3, 0.4) is 0 Å². The third-order valence-corrected chi connectivity index (χ3v) is 3.68. The maximum absolute atomic E-state index is 5.91. The Morgan fingerprint density at radius 3 is 2.42 bits per heavy atom. The summed E-state index contributed by atoms with van der Waals surface area (Å²) >= 11 is 0. The molecule has 0 spiro atoms. The number of anilines is 1. The Hall–Kier alpha value is -1.80. The summed E-state index contributed by atoms with van der Waals surface area (Å²) in [5.41, 5.74) is 9.28. The zero-order valence-electron chi connectivity index (χ0n) is 11.0. The third-order valence-electron chi connectivity index (χ3n) is 3.68. The molecule has 0 saturated heterocycles. The van der Waals surface area contributed by atoms with E-state index in [1.165, 1.54) is 24.0 Å². The molecule has 1 fully saturated rings. The predicted octanol–water partition coefficient (Wildman–Crippen LogP) is 3.36. The lowest BCUT2D eigenvalue weighted by Crippen LogP contribution is -2.24. The van der Waals surface area contributed by atoms with E-state index in [4.69, 9.17) is 5.73 Å². The average molecular weight is 252 g/mol. The van der Waals surface area contributed by atoms with E-state index in [1.54, 1.807) is 0 Å². The molecule has 1 atom stereocenters. The van der Waals surface area contributed by atoms with Gasteiger partial charge in [0.05, 0.1) is 6.04 Å². The van der Waals surface area contributed by atoms with Crippen molar-refractivity contribution in [3.8, 4) is 0 Å². The van der Waals surface area contributed by atoms with Crippen LogP contribution >= 0.6 is 0 Å². The molecule has 2 aromatic rings. The Kier molecular flexibility index (Phi) is 3.51. The van der Waals surface area contributed by atoms with E-state index in [0.29, 0.717) is 0 Å². The summed E-state index contributed by atoms with van der Waals surface area (Å²) in [6.45, 7) is 1.09. The minimum Gasteiger partial charge on any atom is -0.399 e. The first kappa shape index (κ1) is 12.2. The molecular weight excluding hydrogens is 232 g/mol. The quantitative estimate of drug-likeness (QED) is 0.801. The van der Waals surface area contributed by atoms with Crippen LogP contribution in [0.4, 0.5) is 5.69 Å². The minimum atomic E-state index is 0.241. The van der Waals surface area contributed by atoms with Gasteiger partial charge in [-0.2, -0.15) is 0 Å². The van der Waals surface area contributed by atoms with Crippen molar-refractivity contribution in [1.29, 1.82) is 0 Å². The van der Waals surface area contributed by atoms with E-state index in [-0.39, 0.29) is 6.04 Å². The van der Waals surface area contributed by atoms with Crippen molar-refractivity contribution in [2.75, 3.05) is 12.3 Å². The van der Waals surface area contributed by atoms with Gasteiger partial charge in [0.25, 0.3) is 0 Å². The molecule has 3 N–H and O–H groups in total. The van der Waals surface area contributed by atoms with Crippen molar-refractivity contribution in [2.45, 2.75) is 18.9 Å². The number of nitrogen functional groups attached to an aromatic ring is 1. The number of nitrogens with one attached hydrogen (secondary N) is 1. The number of hydrogen-bond acceptors (Lipinski definition) is 2. The van der Waals surface area contributed by atoms with E-state index in [2.05, 4.69) is 47.8 Å². The molecule has 0 heterocycles. The third kappa shape index (κ3) is 3.15. The minimum absolute atomic E-state index is 0.241. The first-order valence-electron chi connectivity index (χ1n) is 6.97. The van der Waals surface area contributed by atoms with Gasteiger partial charge in [-0.1, -0.05) is 42.5 Å². The molecule has 2 aromatic carbocycles. The van der Waals surface area contributed by atoms with Crippen LogP contribution in [0.15, 0.2) is 54.6 Å². The molecule has 0 aliphatic heterocycles. The van der Waals surface area contributed by atoms with Gasteiger partial charge in [-0.25, -0.2) is 0 Å². The first-order valence-corrected chi connectivity index (χ1v) is 6.97. The molecule has 0 radical (unpaired) electrons. The van der Waals surface area contributed by atoms with Gasteiger partial charge in [-0.3, -0.25) is 0 Å². The molecule has 19 heavy (non-hydrogen) atoms. The van der Waals surface area contributed by atoms with Crippen molar-refractivity contribution < 1.29 is 0 Å². The Bertz CT molecular complexity index is 532. The Labute approximate surface area is 114 Å². The van der Waals surface area contributed by atoms with Gasteiger partial charge in [-0.05, 0) is 48.6 Å². The highest BCUT2D eigenvalue weighted by Crippen LogP contribution is 2.30. The predicted molar refractivity (Wildman–Crippen MR) is 79.9 cm³/mol. The van der Waals surface area contributed by atoms with E-state index >= 15 is 0 Å². The smallest absolute Gasteiger partial charge is 0.0577 e. The van der Waals surface area contributed by atoms with Gasteiger partial charge in [0.1, 0.15) is 0 Å². The van der Waals surface area contributed by atoms with Gasteiger partial charge in [0.15, 0.2) is 0 Å². The highest BCUT2D eigenvalue weighted by Gasteiger charge is 2.23. The van der Waals surface area contributed by atoms with Crippen LogP contribution in [0.25, 0.3) is 0 Å². The summed E-state index contributed by atoms with van der Waals surface area (Å²) in [7, 11) is 0. The lowest BCUT2D eigenvalue weighted by atomic mass is 9.98. The fraction of sp³-hybridized carbons (Fsp3) is 0.294. The molecule has 0 amide bonds. The summed E-state index contributed by atoms with van der Waals surface area (Å²) in [5, 5.41) is 3.69.